The predicted molar refractivity (Wildman–Crippen MR) is 69.8 cm³/mol. The maximum atomic E-state index is 10.9. The van der Waals surface area contributed by atoms with Crippen LogP contribution in [0.15, 0.2) is 28.7 Å². The molecule has 0 aliphatic heterocycles. The van der Waals surface area contributed by atoms with E-state index in [-0.39, 0.29) is 17.1 Å². The first-order valence-corrected chi connectivity index (χ1v) is 5.93. The minimum atomic E-state index is -0.633. The molecule has 1 aliphatic carbocycles. The van der Waals surface area contributed by atoms with Crippen molar-refractivity contribution in [1.29, 1.82) is 0 Å². The van der Waals surface area contributed by atoms with Crippen molar-refractivity contribution in [2.45, 2.75) is 27.2 Å². The maximum absolute atomic E-state index is 10.9. The van der Waals surface area contributed by atoms with Gasteiger partial charge in [0.25, 0.3) is 0 Å². The van der Waals surface area contributed by atoms with Crippen molar-refractivity contribution >= 4 is 23.6 Å². The third kappa shape index (κ3) is 5.76. The Bertz CT molecular complexity index is 499. The molecule has 0 atom stereocenters. The van der Waals surface area contributed by atoms with Gasteiger partial charge in [-0.2, -0.15) is 0 Å². The Morgan fingerprint density at radius 2 is 1.43 bits per heavy atom. The molecule has 9 nitrogen and oxygen atoms in total. The summed E-state index contributed by atoms with van der Waals surface area (Å²) >= 11 is 0. The smallest absolute Gasteiger partial charge is 0.332 e. The Kier molecular flexibility index (Phi) is 5.93. The fraction of sp³-hybridized carbons (Fsp3) is 0.333. The first-order valence-electron chi connectivity index (χ1n) is 5.93. The summed E-state index contributed by atoms with van der Waals surface area (Å²) in [7, 11) is 0. The first kappa shape index (κ1) is 16.2. The average molecular weight is 297 g/mol. The molecule has 0 aromatic heterocycles. The van der Waals surface area contributed by atoms with Crippen molar-refractivity contribution in [2.75, 3.05) is 0 Å². The topological polar surface area (TPSA) is 115 Å². The second-order valence-corrected chi connectivity index (χ2v) is 3.89. The highest BCUT2D eigenvalue weighted by Crippen LogP contribution is 2.13. The minimum Gasteiger partial charge on any atom is -0.344 e. The van der Waals surface area contributed by atoms with E-state index in [0.717, 1.165) is 0 Å². The van der Waals surface area contributed by atoms with Crippen LogP contribution < -0.4 is 11.0 Å². The Balaban J connectivity index is 2.89. The summed E-state index contributed by atoms with van der Waals surface area (Å²) in [6, 6.07) is 0. The summed E-state index contributed by atoms with van der Waals surface area (Å²) in [5.41, 5.74) is 5.43. The first-order chi connectivity index (χ1) is 9.90. The molecule has 114 valence electrons. The number of carbonyl (C=O) groups is 3. The van der Waals surface area contributed by atoms with Crippen molar-refractivity contribution < 1.29 is 28.9 Å². The van der Waals surface area contributed by atoms with Crippen LogP contribution in [0.3, 0.4) is 0 Å². The molecule has 9 heteroatoms. The molecule has 0 spiro atoms. The van der Waals surface area contributed by atoms with Gasteiger partial charge in [0.15, 0.2) is 5.71 Å². The van der Waals surface area contributed by atoms with Crippen LogP contribution in [0.1, 0.15) is 27.2 Å². The highest BCUT2D eigenvalue weighted by Gasteiger charge is 2.20. The maximum Gasteiger partial charge on any atom is 0.332 e. The normalized spacial score (nSPS) is 13.4. The van der Waals surface area contributed by atoms with Gasteiger partial charge in [0.1, 0.15) is 0 Å². The zero-order valence-electron chi connectivity index (χ0n) is 11.8. The third-order valence-electron chi connectivity index (χ3n) is 2.03. The van der Waals surface area contributed by atoms with E-state index in [1.54, 1.807) is 12.2 Å². The average Bonchev–Trinajstić information content (AvgIpc) is 2.40. The quantitative estimate of drug-likeness (QED) is 0.546. The van der Waals surface area contributed by atoms with E-state index in [1.807, 2.05) is 0 Å². The summed E-state index contributed by atoms with van der Waals surface area (Å²) in [5.74, 6) is -1.76. The minimum absolute atomic E-state index is 0.110. The Labute approximate surface area is 120 Å². The summed E-state index contributed by atoms with van der Waals surface area (Å²) < 4.78 is 0. The Morgan fingerprint density at radius 3 is 1.81 bits per heavy atom. The number of oxime groups is 1. The van der Waals surface area contributed by atoms with E-state index >= 15 is 0 Å². The lowest BCUT2D eigenvalue weighted by Crippen LogP contribution is -2.32. The van der Waals surface area contributed by atoms with E-state index in [9.17, 15) is 14.4 Å². The molecule has 0 radical (unpaired) electrons. The van der Waals surface area contributed by atoms with Gasteiger partial charge in [-0.25, -0.2) is 15.8 Å². The summed E-state index contributed by atoms with van der Waals surface area (Å²) in [6.45, 7) is 3.61. The van der Waals surface area contributed by atoms with E-state index in [2.05, 4.69) is 30.6 Å². The number of rotatable bonds is 5. The van der Waals surface area contributed by atoms with Crippen molar-refractivity contribution in [1.82, 2.24) is 11.0 Å². The van der Waals surface area contributed by atoms with E-state index in [0.29, 0.717) is 6.42 Å². The highest BCUT2D eigenvalue weighted by molar-refractivity contribution is 6.12. The number of allylic oxidation sites excluding steroid dienone is 2. The van der Waals surface area contributed by atoms with Gasteiger partial charge < -0.3 is 14.5 Å². The number of hydroxylamine groups is 2. The summed E-state index contributed by atoms with van der Waals surface area (Å²) in [5, 5.41) is 3.62. The van der Waals surface area contributed by atoms with E-state index in [4.69, 9.17) is 0 Å². The Hall–Kier alpha value is -2.84. The number of nitrogens with zero attached hydrogens (tertiary/aromatic N) is 1. The molecule has 0 saturated heterocycles. The van der Waals surface area contributed by atoms with Gasteiger partial charge in [0.2, 0.25) is 0 Å². The molecule has 0 fully saturated rings. The summed E-state index contributed by atoms with van der Waals surface area (Å²) in [4.78, 5) is 46.4. The molecular weight excluding hydrogens is 282 g/mol. The van der Waals surface area contributed by atoms with Crippen molar-refractivity contribution in [3.05, 3.63) is 23.5 Å². The van der Waals surface area contributed by atoms with Crippen LogP contribution in [0.2, 0.25) is 0 Å². The molecule has 0 bridgehead atoms. The third-order valence-corrected chi connectivity index (χ3v) is 2.03. The second kappa shape index (κ2) is 7.68. The molecular formula is C12H15N3O6. The molecule has 1 rings (SSSR count). The lowest BCUT2D eigenvalue weighted by Gasteiger charge is -2.18. The van der Waals surface area contributed by atoms with Gasteiger partial charge in [0, 0.05) is 20.8 Å². The molecule has 0 heterocycles. The molecule has 21 heavy (non-hydrogen) atoms. The molecule has 0 aromatic rings. The van der Waals surface area contributed by atoms with Gasteiger partial charge in [-0.05, 0) is 6.42 Å². The van der Waals surface area contributed by atoms with Gasteiger partial charge in [-0.3, -0.25) is 9.59 Å². The van der Waals surface area contributed by atoms with Gasteiger partial charge in [-0.1, -0.05) is 17.3 Å². The van der Waals surface area contributed by atoms with Crippen LogP contribution in [0.25, 0.3) is 0 Å². The van der Waals surface area contributed by atoms with Crippen molar-refractivity contribution in [2.24, 2.45) is 5.16 Å². The largest absolute Gasteiger partial charge is 0.344 e. The molecule has 1 aliphatic rings. The standard InChI is InChI=1S/C12H15N3O6/c1-7(16)19-13-10-5-4-6-11(14-20-8(2)17)12(10)15-21-9(3)18/h5-6,13-14H,4H2,1-3H3. The number of hydrogen-bond donors (Lipinski definition) is 2. The number of carbonyl (C=O) groups excluding carboxylic acids is 3. The molecule has 0 aromatic carbocycles. The predicted octanol–water partition coefficient (Wildman–Crippen LogP) is 0.212. The molecule has 0 amide bonds. The fourth-order valence-electron chi connectivity index (χ4n) is 1.28. The highest BCUT2D eigenvalue weighted by atomic mass is 16.7. The number of hydrogen-bond acceptors (Lipinski definition) is 9. The van der Waals surface area contributed by atoms with Gasteiger partial charge >= 0.3 is 17.9 Å². The lowest BCUT2D eigenvalue weighted by molar-refractivity contribution is -0.146. The van der Waals surface area contributed by atoms with Crippen LogP contribution >= 0.6 is 0 Å². The van der Waals surface area contributed by atoms with Crippen LogP contribution in [0.4, 0.5) is 0 Å². The van der Waals surface area contributed by atoms with Crippen LogP contribution in [0.5, 0.6) is 0 Å². The van der Waals surface area contributed by atoms with Crippen LogP contribution in [-0.4, -0.2) is 23.6 Å². The molecule has 0 unspecified atom stereocenters. The summed E-state index contributed by atoms with van der Waals surface area (Å²) in [6.07, 6.45) is 3.74. The van der Waals surface area contributed by atoms with Gasteiger partial charge in [-0.15, -0.1) is 0 Å². The molecule has 0 saturated carbocycles. The van der Waals surface area contributed by atoms with E-state index < -0.39 is 17.9 Å². The zero-order valence-corrected chi connectivity index (χ0v) is 11.8. The molecule has 2 N–H and O–H groups in total. The van der Waals surface area contributed by atoms with E-state index in [1.165, 1.54) is 20.8 Å². The Morgan fingerprint density at radius 1 is 0.952 bits per heavy atom. The SMILES string of the molecule is CC(=O)ON=C1C(NOC(C)=O)=CCC=C1NOC(C)=O. The van der Waals surface area contributed by atoms with Crippen molar-refractivity contribution in [3.63, 3.8) is 0 Å². The fourth-order valence-corrected chi connectivity index (χ4v) is 1.28. The van der Waals surface area contributed by atoms with Gasteiger partial charge in [0.05, 0.1) is 11.4 Å². The van der Waals surface area contributed by atoms with Crippen LogP contribution in [0, 0.1) is 0 Å². The zero-order chi connectivity index (χ0) is 15.8. The van der Waals surface area contributed by atoms with Crippen LogP contribution in [-0.2, 0) is 28.9 Å². The monoisotopic (exact) mass is 297 g/mol. The van der Waals surface area contributed by atoms with Crippen molar-refractivity contribution in [3.8, 4) is 0 Å². The lowest BCUT2D eigenvalue weighted by atomic mass is 10.1. The number of nitrogens with one attached hydrogen (secondary N) is 2. The second-order valence-electron chi connectivity index (χ2n) is 3.89.